The number of ether oxygens (including phenoxy) is 2. The topological polar surface area (TPSA) is 119 Å². The molecule has 20 aromatic rings. The van der Waals surface area contributed by atoms with Crippen LogP contribution in [0.4, 0.5) is 0 Å². The number of aromatic nitrogens is 8. The maximum atomic E-state index is 6.89. The van der Waals surface area contributed by atoms with Crippen molar-refractivity contribution in [1.82, 2.24) is 39.0 Å². The number of benzene rings is 14. The molecular formula is C102H64N8O3S. The molecule has 4 aliphatic rings. The fourth-order valence-corrected chi connectivity index (χ4v) is 18.8. The zero-order chi connectivity index (χ0) is 74.9. The summed E-state index contributed by atoms with van der Waals surface area (Å²) in [7, 11) is 0. The highest BCUT2D eigenvalue weighted by molar-refractivity contribution is 7.26. The van der Waals surface area contributed by atoms with E-state index in [4.69, 9.17) is 43.8 Å². The molecule has 0 bridgehead atoms. The van der Waals surface area contributed by atoms with E-state index in [0.29, 0.717) is 34.9 Å². The molecule has 2 aliphatic heterocycles. The third kappa shape index (κ3) is 10.9. The molecule has 0 fully saturated rings. The Kier molecular flexibility index (Phi) is 15.2. The maximum absolute atomic E-state index is 6.89. The fraction of sp³-hybridized carbons (Fsp3) is 0.0392. The summed E-state index contributed by atoms with van der Waals surface area (Å²) >= 11 is 1.80. The molecule has 0 amide bonds. The number of thiophene rings is 1. The van der Waals surface area contributed by atoms with Crippen LogP contribution in [0.2, 0.25) is 0 Å². The smallest absolute Gasteiger partial charge is 0.164 e. The van der Waals surface area contributed by atoms with Crippen molar-refractivity contribution in [3.05, 3.63) is 386 Å². The standard InChI is InChI=1S/C51H32N4O2.C51H32N4OS/c1-3-12-31(13-4-1)32-14-11-15-33(28-32)49-52-50(54-51(53-49)35-22-24-38-37-18-8-10-21-44(37)56-46(38)30-35)34-23-27-45-41(29-34)39-25-26-43-47(48(39)57-45)40-19-7-9-20-42(40)55(43)36-16-5-2-6-17-36;1-3-13-31(14-4-1)32-15-11-16-33(29-32)49-52-50(54-51(53-49)39-21-12-24-45-46(39)38-20-8-10-23-44(38)57-45)34-25-28-43-40(30-34)36-26-27-42-47(48(36)56-43)37-19-7-9-22-41(37)55(42)35-17-5-2-6-18-35/h1-30,39,48H;1-30,36,48H. The van der Waals surface area contributed by atoms with Crippen LogP contribution >= 0.6 is 11.3 Å². The molecule has 6 aromatic heterocycles. The minimum Gasteiger partial charge on any atom is -0.484 e. The van der Waals surface area contributed by atoms with Gasteiger partial charge in [0.2, 0.25) is 0 Å². The highest BCUT2D eigenvalue weighted by Crippen LogP contribution is 2.56. The van der Waals surface area contributed by atoms with Crippen LogP contribution in [-0.4, -0.2) is 39.0 Å². The van der Waals surface area contributed by atoms with Crippen LogP contribution < -0.4 is 9.47 Å². The number of hydrogen-bond acceptors (Lipinski definition) is 10. The van der Waals surface area contributed by atoms with Crippen LogP contribution in [0.3, 0.4) is 0 Å². The Hall–Kier alpha value is -14.7. The zero-order valence-corrected chi connectivity index (χ0v) is 62.0. The second-order valence-electron chi connectivity index (χ2n) is 29.4. The summed E-state index contributed by atoms with van der Waals surface area (Å²) in [6.07, 6.45) is 8.83. The van der Waals surface area contributed by atoms with Gasteiger partial charge in [-0.15, -0.1) is 11.3 Å². The summed E-state index contributed by atoms with van der Waals surface area (Å²) in [5, 5.41) is 6.94. The van der Waals surface area contributed by atoms with Crippen molar-refractivity contribution in [1.29, 1.82) is 0 Å². The summed E-state index contributed by atoms with van der Waals surface area (Å²) in [6.45, 7) is 0. The van der Waals surface area contributed by atoms with Gasteiger partial charge < -0.3 is 23.0 Å². The fourth-order valence-electron chi connectivity index (χ4n) is 17.6. The normalized spacial score (nSPS) is 15.4. The van der Waals surface area contributed by atoms with Gasteiger partial charge in [-0.2, -0.15) is 0 Å². The van der Waals surface area contributed by atoms with Gasteiger partial charge >= 0.3 is 0 Å². The van der Waals surface area contributed by atoms with Crippen molar-refractivity contribution in [2.75, 3.05) is 0 Å². The average Bonchev–Trinajstić information content (AvgIpc) is 1.56. The first-order valence-electron chi connectivity index (χ1n) is 38.5. The largest absolute Gasteiger partial charge is 0.484 e. The number of fused-ring (bicyclic) bond motifs is 20. The first-order valence-corrected chi connectivity index (χ1v) is 39.3. The van der Waals surface area contributed by atoms with Gasteiger partial charge in [-0.25, -0.2) is 29.9 Å². The Bertz CT molecular complexity index is 7350. The second-order valence-corrected chi connectivity index (χ2v) is 30.5. The van der Waals surface area contributed by atoms with Crippen LogP contribution in [0, 0.1) is 0 Å². The predicted molar refractivity (Wildman–Crippen MR) is 460 cm³/mol. The third-order valence-electron chi connectivity index (χ3n) is 22.8. The number of para-hydroxylation sites is 5. The van der Waals surface area contributed by atoms with Crippen LogP contribution in [-0.2, 0) is 0 Å². The molecule has 14 aromatic carbocycles. The molecule has 11 nitrogen and oxygen atoms in total. The monoisotopic (exact) mass is 1480 g/mol. The molecule has 0 radical (unpaired) electrons. The van der Waals surface area contributed by atoms with E-state index in [1.54, 1.807) is 11.3 Å². The first kappa shape index (κ1) is 65.2. The first-order chi connectivity index (χ1) is 56.5. The molecule has 114 heavy (non-hydrogen) atoms. The Balaban J connectivity index is 0.000000135. The van der Waals surface area contributed by atoms with Gasteiger partial charge in [-0.3, -0.25) is 0 Å². The Morgan fingerprint density at radius 3 is 1.21 bits per heavy atom. The lowest BCUT2D eigenvalue weighted by atomic mass is 9.85. The molecule has 12 heteroatoms. The predicted octanol–water partition coefficient (Wildman–Crippen LogP) is 25.7. The highest BCUT2D eigenvalue weighted by atomic mass is 32.1. The van der Waals surface area contributed by atoms with Gasteiger partial charge in [0.25, 0.3) is 0 Å². The van der Waals surface area contributed by atoms with Crippen molar-refractivity contribution >= 4 is 87.4 Å². The highest BCUT2D eigenvalue weighted by Gasteiger charge is 2.42. The Morgan fingerprint density at radius 2 is 0.675 bits per heavy atom. The number of hydrogen-bond donors (Lipinski definition) is 0. The van der Waals surface area contributed by atoms with Gasteiger partial charge in [0.1, 0.15) is 34.9 Å². The van der Waals surface area contributed by atoms with Crippen LogP contribution in [0.25, 0.3) is 178 Å². The second kappa shape index (κ2) is 26.5. The van der Waals surface area contributed by atoms with Crippen LogP contribution in [0.1, 0.15) is 57.7 Å². The summed E-state index contributed by atoms with van der Waals surface area (Å²) in [4.78, 5) is 31.2. The maximum Gasteiger partial charge on any atom is 0.164 e. The number of rotatable bonds is 10. The molecule has 0 spiro atoms. The van der Waals surface area contributed by atoms with Crippen molar-refractivity contribution in [3.63, 3.8) is 0 Å². The minimum atomic E-state index is -0.161. The van der Waals surface area contributed by atoms with Crippen molar-refractivity contribution in [2.24, 2.45) is 0 Å². The van der Waals surface area contributed by atoms with E-state index in [9.17, 15) is 0 Å². The van der Waals surface area contributed by atoms with Gasteiger partial charge in [-0.1, -0.05) is 237 Å². The molecular weight excluding hydrogens is 1420 g/mol. The minimum absolute atomic E-state index is 0.0290. The number of nitrogens with zero attached hydrogens (tertiary/aromatic N) is 8. The lowest BCUT2D eigenvalue weighted by Crippen LogP contribution is -2.13. The van der Waals surface area contributed by atoms with E-state index >= 15 is 0 Å². The molecule has 0 saturated carbocycles. The molecule has 0 saturated heterocycles. The lowest BCUT2D eigenvalue weighted by Gasteiger charge is -2.22. The lowest BCUT2D eigenvalue weighted by molar-refractivity contribution is 0.224. The van der Waals surface area contributed by atoms with Gasteiger partial charge in [0, 0.05) is 121 Å². The Morgan fingerprint density at radius 1 is 0.281 bits per heavy atom. The molecule has 8 heterocycles. The summed E-state index contributed by atoms with van der Waals surface area (Å²) < 4.78 is 27.2. The summed E-state index contributed by atoms with van der Waals surface area (Å²) in [5.41, 5.74) is 23.3. The Labute approximate surface area is 659 Å². The third-order valence-corrected chi connectivity index (χ3v) is 24.0. The molecule has 24 rings (SSSR count). The van der Waals surface area contributed by atoms with E-state index in [1.807, 2.05) is 36.4 Å². The summed E-state index contributed by atoms with van der Waals surface area (Å²) in [5.74, 6) is 5.52. The molecule has 2 aliphatic carbocycles. The van der Waals surface area contributed by atoms with E-state index in [0.717, 1.165) is 123 Å². The van der Waals surface area contributed by atoms with E-state index in [2.05, 4.69) is 337 Å². The zero-order valence-electron chi connectivity index (χ0n) is 61.2. The van der Waals surface area contributed by atoms with Gasteiger partial charge in [0.05, 0.1) is 22.4 Å². The quantitative estimate of drug-likeness (QED) is 0.132. The molecule has 0 N–H and O–H groups in total. The molecule has 4 atom stereocenters. The van der Waals surface area contributed by atoms with E-state index in [-0.39, 0.29) is 24.0 Å². The van der Waals surface area contributed by atoms with E-state index in [1.165, 1.54) is 53.1 Å². The van der Waals surface area contributed by atoms with Gasteiger partial charge in [-0.05, 0) is 150 Å². The van der Waals surface area contributed by atoms with Crippen LogP contribution in [0.15, 0.2) is 356 Å². The molecule has 4 unspecified atom stereocenters. The van der Waals surface area contributed by atoms with Crippen molar-refractivity contribution in [3.8, 4) is 113 Å². The van der Waals surface area contributed by atoms with Crippen molar-refractivity contribution in [2.45, 2.75) is 24.0 Å². The van der Waals surface area contributed by atoms with Crippen LogP contribution in [0.5, 0.6) is 11.5 Å². The number of furan rings is 1. The van der Waals surface area contributed by atoms with Crippen molar-refractivity contribution < 1.29 is 13.9 Å². The van der Waals surface area contributed by atoms with E-state index < -0.39 is 0 Å². The SMILES string of the molecule is C1=CC2c3cc(-c4nc(-c5cccc(-c6ccccc6)c5)nc(-c5ccc6c(c5)oc5ccccc56)n4)ccc3OC2c2c1n(-c1ccccc1)c1ccccc21.C1=CC2c3cc(-c4nc(-c5cccc(-c6ccccc6)c5)nc(-c5cccc6sc7ccccc7c56)n4)ccc3OC2c2c1n(-c1ccccc1)c1ccccc21. The van der Waals surface area contributed by atoms with Gasteiger partial charge in [0.15, 0.2) is 34.9 Å². The average molecular weight is 1480 g/mol. The summed E-state index contributed by atoms with van der Waals surface area (Å²) in [6, 6.07) is 118. The molecule has 536 valence electrons.